The highest BCUT2D eigenvalue weighted by molar-refractivity contribution is 5.45. The van der Waals surface area contributed by atoms with Gasteiger partial charge in [-0.3, -0.25) is 4.90 Å². The summed E-state index contributed by atoms with van der Waals surface area (Å²) in [5.41, 5.74) is 0. The van der Waals surface area contributed by atoms with Crippen LogP contribution in [0.25, 0.3) is 0 Å². The van der Waals surface area contributed by atoms with Crippen molar-refractivity contribution in [2.45, 2.75) is 0 Å². The van der Waals surface area contributed by atoms with Crippen molar-refractivity contribution in [3.8, 4) is 0 Å². The summed E-state index contributed by atoms with van der Waals surface area (Å²) in [7, 11) is 1.89. The Labute approximate surface area is 69.5 Å². The minimum absolute atomic E-state index is 0.768. The summed E-state index contributed by atoms with van der Waals surface area (Å²) in [5, 5.41) is 0. The molecule has 0 aliphatic rings. The molecule has 0 spiro atoms. The maximum Gasteiger partial charge on any atom is 0.209 e. The second-order valence-corrected chi connectivity index (χ2v) is 2.38. The molecule has 2 aromatic rings. The predicted octanol–water partition coefficient (Wildman–Crippen LogP) is 0.901. The van der Waals surface area contributed by atoms with Crippen LogP contribution in [0.4, 0.5) is 11.9 Å². The number of aromatic amines is 2. The van der Waals surface area contributed by atoms with E-state index in [9.17, 15) is 0 Å². The SMILES string of the molecule is CN(c1ncc[nH]1)c1ncc[nH]1. The Bertz CT molecular complexity index is 288. The van der Waals surface area contributed by atoms with Gasteiger partial charge in [-0.1, -0.05) is 0 Å². The molecule has 2 rings (SSSR count). The summed E-state index contributed by atoms with van der Waals surface area (Å²) < 4.78 is 0. The zero-order valence-electron chi connectivity index (χ0n) is 6.65. The Balaban J connectivity index is 2.27. The van der Waals surface area contributed by atoms with Crippen LogP contribution in [0.15, 0.2) is 24.8 Å². The van der Waals surface area contributed by atoms with Crippen molar-refractivity contribution < 1.29 is 0 Å². The molecular formula is C7H9N5. The van der Waals surface area contributed by atoms with Gasteiger partial charge in [0, 0.05) is 31.8 Å². The quantitative estimate of drug-likeness (QED) is 0.691. The van der Waals surface area contributed by atoms with Gasteiger partial charge in [0.15, 0.2) is 0 Å². The van der Waals surface area contributed by atoms with Gasteiger partial charge < -0.3 is 9.97 Å². The van der Waals surface area contributed by atoms with Gasteiger partial charge >= 0.3 is 0 Å². The van der Waals surface area contributed by atoms with E-state index in [0.717, 1.165) is 11.9 Å². The number of hydrogen-bond acceptors (Lipinski definition) is 3. The van der Waals surface area contributed by atoms with Crippen molar-refractivity contribution in [3.05, 3.63) is 24.8 Å². The lowest BCUT2D eigenvalue weighted by molar-refractivity contribution is 1.03. The van der Waals surface area contributed by atoms with Crippen LogP contribution in [-0.4, -0.2) is 27.0 Å². The average Bonchev–Trinajstić information content (AvgIpc) is 2.77. The van der Waals surface area contributed by atoms with Crippen LogP contribution >= 0.6 is 0 Å². The molecule has 12 heavy (non-hydrogen) atoms. The first-order valence-electron chi connectivity index (χ1n) is 3.60. The average molecular weight is 163 g/mol. The first kappa shape index (κ1) is 6.90. The number of aromatic nitrogens is 4. The van der Waals surface area contributed by atoms with E-state index in [-0.39, 0.29) is 0 Å². The van der Waals surface area contributed by atoms with Crippen molar-refractivity contribution in [2.24, 2.45) is 0 Å². The lowest BCUT2D eigenvalue weighted by Gasteiger charge is -2.10. The minimum Gasteiger partial charge on any atom is -0.331 e. The summed E-state index contributed by atoms with van der Waals surface area (Å²) >= 11 is 0. The Kier molecular flexibility index (Phi) is 1.55. The molecule has 62 valence electrons. The Hall–Kier alpha value is -1.78. The third-order valence-corrected chi connectivity index (χ3v) is 1.60. The van der Waals surface area contributed by atoms with Gasteiger partial charge in [0.25, 0.3) is 0 Å². The van der Waals surface area contributed by atoms with Crippen LogP contribution in [0.3, 0.4) is 0 Å². The number of H-pyrrole nitrogens is 2. The van der Waals surface area contributed by atoms with E-state index >= 15 is 0 Å². The molecule has 0 bridgehead atoms. The first-order valence-corrected chi connectivity index (χ1v) is 3.60. The van der Waals surface area contributed by atoms with Gasteiger partial charge in [0.05, 0.1) is 0 Å². The second-order valence-electron chi connectivity index (χ2n) is 2.38. The van der Waals surface area contributed by atoms with Gasteiger partial charge in [-0.05, 0) is 0 Å². The highest BCUT2D eigenvalue weighted by Crippen LogP contribution is 2.12. The van der Waals surface area contributed by atoms with E-state index in [0.29, 0.717) is 0 Å². The van der Waals surface area contributed by atoms with Crippen LogP contribution in [0.5, 0.6) is 0 Å². The molecular weight excluding hydrogens is 154 g/mol. The Morgan fingerprint density at radius 3 is 1.92 bits per heavy atom. The number of imidazole rings is 2. The molecule has 2 N–H and O–H groups in total. The normalized spacial score (nSPS) is 10.1. The van der Waals surface area contributed by atoms with Crippen molar-refractivity contribution in [3.63, 3.8) is 0 Å². The highest BCUT2D eigenvalue weighted by Gasteiger charge is 2.06. The summed E-state index contributed by atoms with van der Waals surface area (Å²) in [4.78, 5) is 16.0. The summed E-state index contributed by atoms with van der Waals surface area (Å²) in [6.07, 6.45) is 6.95. The van der Waals surface area contributed by atoms with Gasteiger partial charge in [-0.15, -0.1) is 0 Å². The van der Waals surface area contributed by atoms with E-state index in [1.54, 1.807) is 24.8 Å². The molecule has 0 unspecified atom stereocenters. The van der Waals surface area contributed by atoms with Crippen LogP contribution in [-0.2, 0) is 0 Å². The molecule has 2 aromatic heterocycles. The first-order chi connectivity index (χ1) is 5.88. The van der Waals surface area contributed by atoms with Crippen LogP contribution in [0, 0.1) is 0 Å². The molecule has 0 saturated carbocycles. The Morgan fingerprint density at radius 2 is 1.58 bits per heavy atom. The molecule has 0 aliphatic carbocycles. The molecule has 0 aromatic carbocycles. The number of nitrogens with zero attached hydrogens (tertiary/aromatic N) is 3. The monoisotopic (exact) mass is 163 g/mol. The molecule has 5 nitrogen and oxygen atoms in total. The smallest absolute Gasteiger partial charge is 0.209 e. The largest absolute Gasteiger partial charge is 0.331 e. The maximum atomic E-state index is 4.08. The third-order valence-electron chi connectivity index (χ3n) is 1.60. The number of anilines is 2. The van der Waals surface area contributed by atoms with Gasteiger partial charge in [-0.2, -0.15) is 0 Å². The van der Waals surface area contributed by atoms with Crippen LogP contribution in [0.2, 0.25) is 0 Å². The van der Waals surface area contributed by atoms with Crippen LogP contribution in [0.1, 0.15) is 0 Å². The molecule has 0 saturated heterocycles. The van der Waals surface area contributed by atoms with E-state index in [1.165, 1.54) is 0 Å². The molecule has 0 amide bonds. The van der Waals surface area contributed by atoms with E-state index in [1.807, 2.05) is 11.9 Å². The molecule has 0 aliphatic heterocycles. The van der Waals surface area contributed by atoms with Gasteiger partial charge in [0.1, 0.15) is 0 Å². The molecule has 0 radical (unpaired) electrons. The minimum atomic E-state index is 0.768. The van der Waals surface area contributed by atoms with Crippen molar-refractivity contribution in [1.82, 2.24) is 19.9 Å². The van der Waals surface area contributed by atoms with E-state index in [4.69, 9.17) is 0 Å². The Morgan fingerprint density at radius 1 is 1.08 bits per heavy atom. The molecule has 5 heteroatoms. The topological polar surface area (TPSA) is 60.6 Å². The maximum absolute atomic E-state index is 4.08. The molecule has 2 heterocycles. The zero-order valence-corrected chi connectivity index (χ0v) is 6.65. The van der Waals surface area contributed by atoms with Crippen molar-refractivity contribution >= 4 is 11.9 Å². The number of nitrogens with one attached hydrogen (secondary N) is 2. The third kappa shape index (κ3) is 1.05. The predicted molar refractivity (Wildman–Crippen MR) is 45.2 cm³/mol. The lowest BCUT2D eigenvalue weighted by Crippen LogP contribution is -2.12. The fourth-order valence-electron chi connectivity index (χ4n) is 0.981. The lowest BCUT2D eigenvalue weighted by atomic mass is 10.7. The molecule has 0 atom stereocenters. The van der Waals surface area contributed by atoms with Crippen molar-refractivity contribution in [1.29, 1.82) is 0 Å². The second kappa shape index (κ2) is 2.69. The summed E-state index contributed by atoms with van der Waals surface area (Å²) in [5.74, 6) is 1.54. The summed E-state index contributed by atoms with van der Waals surface area (Å²) in [6, 6.07) is 0. The molecule has 0 fully saturated rings. The van der Waals surface area contributed by atoms with E-state index in [2.05, 4.69) is 19.9 Å². The number of hydrogen-bond donors (Lipinski definition) is 2. The van der Waals surface area contributed by atoms with E-state index < -0.39 is 0 Å². The van der Waals surface area contributed by atoms with Crippen LogP contribution < -0.4 is 4.90 Å². The van der Waals surface area contributed by atoms with Gasteiger partial charge in [-0.25, -0.2) is 9.97 Å². The highest BCUT2D eigenvalue weighted by atomic mass is 15.3. The fraction of sp³-hybridized carbons (Fsp3) is 0.143. The standard InChI is InChI=1S/C7H9N5/c1-12(6-8-2-3-9-6)7-10-4-5-11-7/h2-5H,1H3,(H,8,9)(H,10,11). The summed E-state index contributed by atoms with van der Waals surface area (Å²) in [6.45, 7) is 0. The zero-order chi connectivity index (χ0) is 8.39. The number of rotatable bonds is 2. The van der Waals surface area contributed by atoms with Crippen molar-refractivity contribution in [2.75, 3.05) is 11.9 Å². The fourth-order valence-corrected chi connectivity index (χ4v) is 0.981. The van der Waals surface area contributed by atoms with Gasteiger partial charge in [0.2, 0.25) is 11.9 Å².